The van der Waals surface area contributed by atoms with Gasteiger partial charge in [-0.05, 0) is 54.3 Å². The lowest BCUT2D eigenvalue weighted by molar-refractivity contribution is -0.139. The average molecular weight is 531 g/mol. The number of nitrogens with one attached hydrogen (secondary N) is 1. The number of amides is 2. The molecule has 1 heterocycles. The van der Waals surface area contributed by atoms with Crippen LogP contribution in [-0.2, 0) is 21.4 Å². The minimum absolute atomic E-state index is 0.0219. The molecule has 5 rings (SSSR count). The Morgan fingerprint density at radius 1 is 1.03 bits per heavy atom. The van der Waals surface area contributed by atoms with Gasteiger partial charge in [-0.2, -0.15) is 0 Å². The molecule has 0 bridgehead atoms. The molecule has 10 heteroatoms. The first kappa shape index (κ1) is 24.2. The van der Waals surface area contributed by atoms with Gasteiger partial charge in [-0.25, -0.2) is 13.6 Å². The minimum Gasteiger partial charge on any atom is -0.480 e. The number of nitrogens with zero attached hydrogens (tertiary/aromatic N) is 1. The van der Waals surface area contributed by atoms with Gasteiger partial charge in [0.15, 0.2) is 11.6 Å². The highest BCUT2D eigenvalue weighted by Crippen LogP contribution is 2.59. The van der Waals surface area contributed by atoms with Gasteiger partial charge >= 0.3 is 5.97 Å². The summed E-state index contributed by atoms with van der Waals surface area (Å²) in [6.45, 7) is 0. The number of fused-ring (bicyclic) bond motifs is 2. The van der Waals surface area contributed by atoms with Crippen LogP contribution in [0.5, 0.6) is 0 Å². The lowest BCUT2D eigenvalue weighted by atomic mass is 9.98. The van der Waals surface area contributed by atoms with Crippen molar-refractivity contribution in [2.24, 2.45) is 0 Å². The van der Waals surface area contributed by atoms with Gasteiger partial charge in [0.2, 0.25) is 5.91 Å². The summed E-state index contributed by atoms with van der Waals surface area (Å²) in [5, 5.41) is 12.3. The highest BCUT2D eigenvalue weighted by atomic mass is 35.5. The van der Waals surface area contributed by atoms with E-state index < -0.39 is 35.0 Å². The third-order valence-electron chi connectivity index (χ3n) is 6.59. The van der Waals surface area contributed by atoms with Gasteiger partial charge in [0.05, 0.1) is 26.7 Å². The second-order valence-electron chi connectivity index (χ2n) is 8.84. The second-order valence-corrected chi connectivity index (χ2v) is 9.65. The molecule has 36 heavy (non-hydrogen) atoms. The largest absolute Gasteiger partial charge is 0.480 e. The van der Waals surface area contributed by atoms with E-state index in [1.54, 1.807) is 30.3 Å². The van der Waals surface area contributed by atoms with E-state index in [1.807, 2.05) is 0 Å². The first-order valence-corrected chi connectivity index (χ1v) is 11.8. The van der Waals surface area contributed by atoms with Crippen LogP contribution in [0, 0.1) is 11.6 Å². The van der Waals surface area contributed by atoms with Crippen molar-refractivity contribution in [3.63, 3.8) is 0 Å². The molecule has 0 aromatic heterocycles. The van der Waals surface area contributed by atoms with E-state index in [1.165, 1.54) is 17.0 Å². The van der Waals surface area contributed by atoms with Crippen molar-refractivity contribution in [1.29, 1.82) is 0 Å². The van der Waals surface area contributed by atoms with E-state index >= 15 is 0 Å². The third kappa shape index (κ3) is 4.00. The summed E-state index contributed by atoms with van der Waals surface area (Å²) in [5.41, 5.74) is 0.944. The molecule has 1 atom stereocenters. The van der Waals surface area contributed by atoms with Crippen molar-refractivity contribution in [3.8, 4) is 0 Å². The van der Waals surface area contributed by atoms with Gasteiger partial charge in [0.25, 0.3) is 5.91 Å². The molecule has 3 aromatic carbocycles. The van der Waals surface area contributed by atoms with Crippen molar-refractivity contribution in [2.45, 2.75) is 30.7 Å². The van der Waals surface area contributed by atoms with E-state index in [0.717, 1.165) is 12.1 Å². The van der Waals surface area contributed by atoms with Crippen LogP contribution in [0.2, 0.25) is 10.0 Å². The van der Waals surface area contributed by atoms with E-state index in [4.69, 9.17) is 23.2 Å². The van der Waals surface area contributed by atoms with Crippen LogP contribution in [0.4, 0.5) is 20.2 Å². The Labute approximate surface area is 214 Å². The van der Waals surface area contributed by atoms with Gasteiger partial charge in [-0.15, -0.1) is 0 Å². The molecular weight excluding hydrogens is 513 g/mol. The number of carbonyl (C=O) groups excluding carboxylic acids is 2. The second kappa shape index (κ2) is 8.87. The summed E-state index contributed by atoms with van der Waals surface area (Å²) < 4.78 is 27.9. The van der Waals surface area contributed by atoms with Crippen LogP contribution in [0.1, 0.15) is 34.3 Å². The highest BCUT2D eigenvalue weighted by Gasteiger charge is 2.59. The van der Waals surface area contributed by atoms with Gasteiger partial charge in [-0.3, -0.25) is 14.5 Å². The Bertz CT molecular complexity index is 1400. The SMILES string of the molecule is O=C(N[C@@H](Cc1ccc(N2C(=O)C3(CC3)c3cc(F)c(F)cc32)cc1)C(=O)O)c1c(Cl)cccc1Cl. The quantitative estimate of drug-likeness (QED) is 0.446. The van der Waals surface area contributed by atoms with E-state index in [9.17, 15) is 28.3 Å². The number of rotatable bonds is 6. The summed E-state index contributed by atoms with van der Waals surface area (Å²) in [6, 6.07) is 11.8. The van der Waals surface area contributed by atoms with Crippen LogP contribution < -0.4 is 10.2 Å². The number of carboxylic acid groups (broad SMARTS) is 1. The highest BCUT2D eigenvalue weighted by molar-refractivity contribution is 6.39. The molecule has 0 radical (unpaired) electrons. The summed E-state index contributed by atoms with van der Waals surface area (Å²) in [7, 11) is 0. The Hall–Kier alpha value is -3.49. The summed E-state index contributed by atoms with van der Waals surface area (Å²) in [6.07, 6.45) is 1.07. The number of halogens is 4. The Morgan fingerprint density at radius 2 is 1.64 bits per heavy atom. The number of benzene rings is 3. The molecule has 1 aliphatic heterocycles. The zero-order valence-electron chi connectivity index (χ0n) is 18.5. The topological polar surface area (TPSA) is 86.7 Å². The van der Waals surface area contributed by atoms with Crippen LogP contribution >= 0.6 is 23.2 Å². The standard InChI is InChI=1S/C26H18Cl2F2N2O4/c27-16-2-1-3-17(28)22(16)23(33)31-20(24(34)35)10-13-4-6-14(7-5-13)32-21-12-19(30)18(29)11-15(21)26(8-9-26)25(32)36/h1-7,11-12,20H,8-10H2,(H,31,33)(H,34,35)/t20-/m0/s1. The fourth-order valence-corrected chi connectivity index (χ4v) is 5.14. The van der Waals surface area contributed by atoms with E-state index in [-0.39, 0.29) is 27.9 Å². The Morgan fingerprint density at radius 3 is 2.22 bits per heavy atom. The number of anilines is 2. The Kier molecular flexibility index (Phi) is 5.97. The summed E-state index contributed by atoms with van der Waals surface area (Å²) >= 11 is 12.1. The van der Waals surface area contributed by atoms with Crippen molar-refractivity contribution in [2.75, 3.05) is 4.90 Å². The Balaban J connectivity index is 1.37. The molecule has 1 saturated carbocycles. The molecule has 1 aliphatic carbocycles. The van der Waals surface area contributed by atoms with Crippen LogP contribution in [-0.4, -0.2) is 28.9 Å². The summed E-state index contributed by atoms with van der Waals surface area (Å²) in [5.74, 6) is -4.27. The minimum atomic E-state index is -1.28. The predicted molar refractivity (Wildman–Crippen MR) is 130 cm³/mol. The van der Waals surface area contributed by atoms with Crippen molar-refractivity contribution in [3.05, 3.63) is 93.0 Å². The first-order valence-electron chi connectivity index (χ1n) is 11.0. The monoisotopic (exact) mass is 530 g/mol. The fraction of sp³-hybridized carbons (Fsp3) is 0.192. The molecule has 3 aromatic rings. The molecule has 2 N–H and O–H groups in total. The van der Waals surface area contributed by atoms with Crippen LogP contribution in [0.25, 0.3) is 0 Å². The van der Waals surface area contributed by atoms with Crippen molar-refractivity contribution in [1.82, 2.24) is 5.32 Å². The van der Waals surface area contributed by atoms with Gasteiger partial charge in [-0.1, -0.05) is 41.4 Å². The smallest absolute Gasteiger partial charge is 0.326 e. The van der Waals surface area contributed by atoms with Gasteiger partial charge in [0, 0.05) is 18.2 Å². The third-order valence-corrected chi connectivity index (χ3v) is 7.22. The van der Waals surface area contributed by atoms with E-state index in [2.05, 4.69) is 5.32 Å². The molecule has 0 saturated heterocycles. The number of carbonyl (C=O) groups is 3. The number of aliphatic carboxylic acids is 1. The first-order chi connectivity index (χ1) is 17.1. The molecule has 2 amide bonds. The van der Waals surface area contributed by atoms with Crippen molar-refractivity contribution >= 4 is 52.4 Å². The fourth-order valence-electron chi connectivity index (χ4n) is 4.57. The van der Waals surface area contributed by atoms with Crippen LogP contribution in [0.15, 0.2) is 54.6 Å². The number of carboxylic acids is 1. The maximum atomic E-state index is 14.0. The van der Waals surface area contributed by atoms with E-state index in [0.29, 0.717) is 35.3 Å². The van der Waals surface area contributed by atoms with Gasteiger partial charge < -0.3 is 10.4 Å². The molecule has 6 nitrogen and oxygen atoms in total. The average Bonchev–Trinajstić information content (AvgIpc) is 3.60. The number of hydrogen-bond acceptors (Lipinski definition) is 3. The molecule has 2 aliphatic rings. The maximum absolute atomic E-state index is 14.0. The molecule has 184 valence electrons. The predicted octanol–water partition coefficient (Wildman–Crippen LogP) is 5.41. The molecule has 0 unspecified atom stereocenters. The molecule has 1 spiro atoms. The zero-order chi connectivity index (χ0) is 25.8. The van der Waals surface area contributed by atoms with Crippen LogP contribution in [0.3, 0.4) is 0 Å². The molecule has 1 fully saturated rings. The number of hydrogen-bond donors (Lipinski definition) is 2. The molecular formula is C26H18Cl2F2N2O4. The lowest BCUT2D eigenvalue weighted by Crippen LogP contribution is -2.42. The summed E-state index contributed by atoms with van der Waals surface area (Å²) in [4.78, 5) is 39.0. The normalized spacial score (nSPS) is 16.1. The lowest BCUT2D eigenvalue weighted by Gasteiger charge is -2.20. The zero-order valence-corrected chi connectivity index (χ0v) is 20.0. The van der Waals surface area contributed by atoms with Gasteiger partial charge in [0.1, 0.15) is 6.04 Å². The van der Waals surface area contributed by atoms with Crippen molar-refractivity contribution < 1.29 is 28.3 Å². The maximum Gasteiger partial charge on any atom is 0.326 e.